The minimum Gasteiger partial charge on any atom is -0.325 e. The molecule has 0 radical (unpaired) electrons. The van der Waals surface area contributed by atoms with Crippen molar-refractivity contribution in [3.8, 4) is 0 Å². The molecule has 0 saturated carbocycles. The Kier molecular flexibility index (Phi) is 7.96. The number of sulfonamides is 1. The number of nitrogens with zero attached hydrogens (tertiary/aromatic N) is 4. The molecule has 2 N–H and O–H groups in total. The number of rotatable bonds is 9. The molecule has 2 aromatic carbocycles. The van der Waals surface area contributed by atoms with E-state index in [0.29, 0.717) is 22.6 Å². The van der Waals surface area contributed by atoms with Gasteiger partial charge in [0.1, 0.15) is 6.54 Å². The highest BCUT2D eigenvalue weighted by Gasteiger charge is 2.28. The highest BCUT2D eigenvalue weighted by atomic mass is 32.2. The van der Waals surface area contributed by atoms with Gasteiger partial charge in [-0.15, -0.1) is 0 Å². The summed E-state index contributed by atoms with van der Waals surface area (Å²) in [5.41, 5.74) is 2.83. The Hall–Kier alpha value is -3.55. The molecule has 0 aliphatic rings. The molecule has 0 aliphatic carbocycles. The first-order chi connectivity index (χ1) is 16.8. The SMILES string of the molecule is Cc1ccc(C)c(N(CC(=O)Nc2ccc(S(=O)(=O)Nc3nccc(C)n3)cc2)S(=O)(=O)N(C)C)c1. The standard InChI is InChI=1S/C23H28N6O5S2/c1-16-6-7-17(2)21(14-16)29(36(33,34)28(4)5)15-22(30)26-19-8-10-20(11-9-19)35(31,32)27-23-24-13-12-18(3)25-23/h6-14H,15H2,1-5H3,(H,26,30)(H,24,25,27). The van der Waals surface area contributed by atoms with E-state index in [0.717, 1.165) is 14.2 Å². The zero-order chi connectivity index (χ0) is 26.7. The van der Waals surface area contributed by atoms with Crippen molar-refractivity contribution in [2.75, 3.05) is 35.0 Å². The fourth-order valence-corrected chi connectivity index (χ4v) is 5.27. The lowest BCUT2D eigenvalue weighted by molar-refractivity contribution is -0.114. The molecule has 0 unspecified atom stereocenters. The largest absolute Gasteiger partial charge is 0.325 e. The molecule has 0 atom stereocenters. The van der Waals surface area contributed by atoms with Crippen molar-refractivity contribution in [1.82, 2.24) is 14.3 Å². The molecule has 192 valence electrons. The minimum absolute atomic E-state index is 0.0546. The summed E-state index contributed by atoms with van der Waals surface area (Å²) in [5.74, 6) is -0.649. The first-order valence-electron chi connectivity index (χ1n) is 10.8. The summed E-state index contributed by atoms with van der Waals surface area (Å²) in [4.78, 5) is 20.7. The first kappa shape index (κ1) is 27.0. The fraction of sp³-hybridized carbons (Fsp3) is 0.261. The smallest absolute Gasteiger partial charge is 0.304 e. The van der Waals surface area contributed by atoms with Crippen LogP contribution in [0.4, 0.5) is 17.3 Å². The van der Waals surface area contributed by atoms with Crippen molar-refractivity contribution < 1.29 is 21.6 Å². The van der Waals surface area contributed by atoms with E-state index in [1.54, 1.807) is 32.0 Å². The van der Waals surface area contributed by atoms with Gasteiger partial charge in [-0.2, -0.15) is 12.7 Å². The van der Waals surface area contributed by atoms with Crippen LogP contribution in [0, 0.1) is 20.8 Å². The second-order valence-electron chi connectivity index (χ2n) is 8.29. The summed E-state index contributed by atoms with van der Waals surface area (Å²) in [6, 6.07) is 12.4. The van der Waals surface area contributed by atoms with E-state index in [2.05, 4.69) is 20.0 Å². The average molecular weight is 533 g/mol. The molecular formula is C23H28N6O5S2. The fourth-order valence-electron chi connectivity index (χ4n) is 3.20. The first-order valence-corrected chi connectivity index (χ1v) is 13.7. The topological polar surface area (TPSA) is 142 Å². The van der Waals surface area contributed by atoms with Crippen LogP contribution in [-0.2, 0) is 25.0 Å². The van der Waals surface area contributed by atoms with E-state index in [1.807, 2.05) is 13.0 Å². The van der Waals surface area contributed by atoms with Gasteiger partial charge in [-0.05, 0) is 68.3 Å². The van der Waals surface area contributed by atoms with E-state index in [1.165, 1.54) is 44.6 Å². The number of aromatic nitrogens is 2. The predicted molar refractivity (Wildman–Crippen MR) is 139 cm³/mol. The van der Waals surface area contributed by atoms with Crippen LogP contribution in [-0.4, -0.2) is 57.7 Å². The Morgan fingerprint density at radius 1 is 0.944 bits per heavy atom. The number of benzene rings is 2. The van der Waals surface area contributed by atoms with Gasteiger partial charge in [0, 0.05) is 31.7 Å². The van der Waals surface area contributed by atoms with Crippen LogP contribution in [0.25, 0.3) is 0 Å². The van der Waals surface area contributed by atoms with Crippen molar-refractivity contribution >= 4 is 43.5 Å². The van der Waals surface area contributed by atoms with Crippen LogP contribution in [0.15, 0.2) is 59.6 Å². The Morgan fingerprint density at radius 2 is 1.61 bits per heavy atom. The summed E-state index contributed by atoms with van der Waals surface area (Å²) < 4.78 is 55.6. The van der Waals surface area contributed by atoms with Crippen molar-refractivity contribution in [2.24, 2.45) is 0 Å². The lowest BCUT2D eigenvalue weighted by Crippen LogP contribution is -2.44. The zero-order valence-corrected chi connectivity index (χ0v) is 22.2. The van der Waals surface area contributed by atoms with Crippen LogP contribution in [0.5, 0.6) is 0 Å². The molecule has 0 bridgehead atoms. The van der Waals surface area contributed by atoms with Gasteiger partial charge < -0.3 is 5.32 Å². The van der Waals surface area contributed by atoms with Gasteiger partial charge in [0.2, 0.25) is 11.9 Å². The highest BCUT2D eigenvalue weighted by molar-refractivity contribution is 7.92. The maximum absolute atomic E-state index is 13.0. The molecule has 0 saturated heterocycles. The van der Waals surface area contributed by atoms with Gasteiger partial charge in [0.05, 0.1) is 10.6 Å². The number of anilines is 3. The molecular weight excluding hydrogens is 504 g/mol. The van der Waals surface area contributed by atoms with Crippen LogP contribution in [0.1, 0.15) is 16.8 Å². The summed E-state index contributed by atoms with van der Waals surface area (Å²) in [7, 11) is -5.14. The number of amides is 1. The minimum atomic E-state index is -3.97. The van der Waals surface area contributed by atoms with E-state index in [9.17, 15) is 21.6 Å². The molecule has 11 nitrogen and oxygen atoms in total. The van der Waals surface area contributed by atoms with E-state index in [-0.39, 0.29) is 10.8 Å². The Morgan fingerprint density at radius 3 is 2.22 bits per heavy atom. The number of hydrogen-bond acceptors (Lipinski definition) is 7. The third-order valence-corrected chi connectivity index (χ3v) is 8.28. The maximum atomic E-state index is 13.0. The van der Waals surface area contributed by atoms with Crippen molar-refractivity contribution in [3.05, 3.63) is 71.5 Å². The van der Waals surface area contributed by atoms with Crippen LogP contribution in [0.3, 0.4) is 0 Å². The molecule has 0 spiro atoms. The van der Waals surface area contributed by atoms with Crippen LogP contribution < -0.4 is 14.3 Å². The molecule has 3 aromatic rings. The van der Waals surface area contributed by atoms with E-state index in [4.69, 9.17) is 0 Å². The van der Waals surface area contributed by atoms with Gasteiger partial charge in [0.15, 0.2) is 0 Å². The van der Waals surface area contributed by atoms with Crippen molar-refractivity contribution in [3.63, 3.8) is 0 Å². The molecule has 36 heavy (non-hydrogen) atoms. The summed E-state index contributed by atoms with van der Waals surface area (Å²) >= 11 is 0. The quantitative estimate of drug-likeness (QED) is 0.431. The molecule has 3 rings (SSSR count). The second kappa shape index (κ2) is 10.6. The van der Waals surface area contributed by atoms with Crippen molar-refractivity contribution in [1.29, 1.82) is 0 Å². The summed E-state index contributed by atoms with van der Waals surface area (Å²) in [6.07, 6.45) is 1.44. The Balaban J connectivity index is 1.78. The summed E-state index contributed by atoms with van der Waals surface area (Å²) in [6.45, 7) is 4.83. The normalized spacial score (nSPS) is 11.8. The van der Waals surface area contributed by atoms with E-state index >= 15 is 0 Å². The maximum Gasteiger partial charge on any atom is 0.304 e. The number of aryl methyl sites for hydroxylation is 3. The van der Waals surface area contributed by atoms with Gasteiger partial charge in [-0.25, -0.2) is 27.4 Å². The van der Waals surface area contributed by atoms with E-state index < -0.39 is 32.7 Å². The molecule has 0 aliphatic heterocycles. The molecule has 0 fully saturated rings. The summed E-state index contributed by atoms with van der Waals surface area (Å²) in [5, 5.41) is 2.62. The number of carbonyl (C=O) groups excluding carboxylic acids is 1. The average Bonchev–Trinajstić information content (AvgIpc) is 2.79. The lowest BCUT2D eigenvalue weighted by Gasteiger charge is -2.28. The zero-order valence-electron chi connectivity index (χ0n) is 20.5. The van der Waals surface area contributed by atoms with Gasteiger partial charge in [-0.1, -0.05) is 12.1 Å². The Bertz CT molecular complexity index is 1470. The van der Waals surface area contributed by atoms with Crippen LogP contribution >= 0.6 is 0 Å². The number of nitrogens with one attached hydrogen (secondary N) is 2. The third-order valence-electron chi connectivity index (χ3n) is 5.13. The van der Waals surface area contributed by atoms with Gasteiger partial charge >= 0.3 is 10.2 Å². The molecule has 1 amide bonds. The molecule has 13 heteroatoms. The molecule has 1 aromatic heterocycles. The van der Waals surface area contributed by atoms with Gasteiger partial charge in [-0.3, -0.25) is 4.79 Å². The monoisotopic (exact) mass is 532 g/mol. The third kappa shape index (κ3) is 6.36. The predicted octanol–water partition coefficient (Wildman–Crippen LogP) is 2.45. The van der Waals surface area contributed by atoms with Crippen LogP contribution in [0.2, 0.25) is 0 Å². The van der Waals surface area contributed by atoms with Gasteiger partial charge in [0.25, 0.3) is 10.0 Å². The lowest BCUT2D eigenvalue weighted by atomic mass is 10.1. The van der Waals surface area contributed by atoms with Crippen molar-refractivity contribution in [2.45, 2.75) is 25.7 Å². The highest BCUT2D eigenvalue weighted by Crippen LogP contribution is 2.25. The molecule has 1 heterocycles. The Labute approximate surface area is 211 Å². The number of carbonyl (C=O) groups is 1. The second-order valence-corrected chi connectivity index (χ2v) is 12.0. The number of hydrogen-bond donors (Lipinski definition) is 2.